The molecule has 1 unspecified atom stereocenters. The van der Waals surface area contributed by atoms with Crippen molar-refractivity contribution in [2.45, 2.75) is 18.8 Å². The van der Waals surface area contributed by atoms with Crippen molar-refractivity contribution in [1.82, 2.24) is 9.55 Å². The second-order valence-corrected chi connectivity index (χ2v) is 4.36. The first-order valence-electron chi connectivity index (χ1n) is 5.49. The van der Waals surface area contributed by atoms with Gasteiger partial charge in [0.25, 0.3) is 0 Å². The predicted octanol–water partition coefficient (Wildman–Crippen LogP) is 3.26. The van der Waals surface area contributed by atoms with E-state index in [1.807, 2.05) is 6.92 Å². The monoisotopic (exact) mass is 274 g/mol. The lowest BCUT2D eigenvalue weighted by Gasteiger charge is -2.15. The number of rotatable bonds is 4. The Balaban J connectivity index is 2.68. The fraction of sp³-hybridized carbons (Fsp3) is 0.417. The molecule has 2 rings (SSSR count). The maximum atomic E-state index is 13.6. The van der Waals surface area contributed by atoms with Crippen LogP contribution in [-0.4, -0.2) is 23.3 Å². The molecule has 0 aliphatic heterocycles. The Bertz CT molecular complexity index is 571. The molecule has 0 saturated carbocycles. The number of alkyl halides is 1. The van der Waals surface area contributed by atoms with Gasteiger partial charge in [-0.25, -0.2) is 13.8 Å². The third-order valence-electron chi connectivity index (χ3n) is 2.75. The lowest BCUT2D eigenvalue weighted by Crippen LogP contribution is -2.13. The van der Waals surface area contributed by atoms with Crippen molar-refractivity contribution in [2.24, 2.45) is 0 Å². The summed E-state index contributed by atoms with van der Waals surface area (Å²) in [7, 11) is 1.57. The summed E-state index contributed by atoms with van der Waals surface area (Å²) in [5.74, 6) is -0.684. The molecular weight excluding hydrogens is 262 g/mol. The number of halogens is 3. The number of methoxy groups -OCH3 is 1. The van der Waals surface area contributed by atoms with Gasteiger partial charge in [-0.3, -0.25) is 0 Å². The molecule has 0 spiro atoms. The zero-order valence-corrected chi connectivity index (χ0v) is 10.8. The average molecular weight is 275 g/mol. The third kappa shape index (κ3) is 2.20. The summed E-state index contributed by atoms with van der Waals surface area (Å²) in [6.07, 6.45) is 0. The molecule has 18 heavy (non-hydrogen) atoms. The fourth-order valence-corrected chi connectivity index (χ4v) is 2.26. The van der Waals surface area contributed by atoms with Gasteiger partial charge in [0.2, 0.25) is 0 Å². The Morgan fingerprint density at radius 1 is 1.44 bits per heavy atom. The van der Waals surface area contributed by atoms with Crippen LogP contribution in [0.3, 0.4) is 0 Å². The van der Waals surface area contributed by atoms with E-state index in [9.17, 15) is 8.78 Å². The SMILES string of the molecule is COCC(C)n1c(CCl)nc2c(F)cc(F)cc21. The van der Waals surface area contributed by atoms with E-state index in [-0.39, 0.29) is 17.4 Å². The number of hydrogen-bond acceptors (Lipinski definition) is 2. The fourth-order valence-electron chi connectivity index (χ4n) is 2.07. The van der Waals surface area contributed by atoms with Gasteiger partial charge in [-0.1, -0.05) is 0 Å². The second-order valence-electron chi connectivity index (χ2n) is 4.09. The molecule has 0 aliphatic carbocycles. The summed E-state index contributed by atoms with van der Waals surface area (Å²) in [4.78, 5) is 4.11. The molecule has 1 aromatic heterocycles. The predicted molar refractivity (Wildman–Crippen MR) is 65.8 cm³/mol. The Morgan fingerprint density at radius 3 is 2.78 bits per heavy atom. The minimum absolute atomic E-state index is 0.102. The van der Waals surface area contributed by atoms with E-state index in [4.69, 9.17) is 16.3 Å². The number of aromatic nitrogens is 2. The van der Waals surface area contributed by atoms with Crippen molar-refractivity contribution in [3.05, 3.63) is 29.6 Å². The van der Waals surface area contributed by atoms with E-state index < -0.39 is 11.6 Å². The Hall–Kier alpha value is -1.20. The number of nitrogens with zero attached hydrogens (tertiary/aromatic N) is 2. The summed E-state index contributed by atoms with van der Waals surface area (Å²) in [6.45, 7) is 2.29. The molecule has 1 aromatic carbocycles. The lowest BCUT2D eigenvalue weighted by atomic mass is 10.2. The smallest absolute Gasteiger partial charge is 0.153 e. The van der Waals surface area contributed by atoms with Crippen molar-refractivity contribution in [3.63, 3.8) is 0 Å². The van der Waals surface area contributed by atoms with Crippen molar-refractivity contribution in [1.29, 1.82) is 0 Å². The van der Waals surface area contributed by atoms with Crippen LogP contribution in [0.2, 0.25) is 0 Å². The molecular formula is C12H13ClF2N2O. The van der Waals surface area contributed by atoms with Gasteiger partial charge in [0, 0.05) is 13.2 Å². The molecule has 0 aliphatic rings. The number of fused-ring (bicyclic) bond motifs is 1. The van der Waals surface area contributed by atoms with E-state index in [0.29, 0.717) is 17.9 Å². The molecule has 0 saturated heterocycles. The molecule has 98 valence electrons. The van der Waals surface area contributed by atoms with Crippen molar-refractivity contribution in [3.8, 4) is 0 Å². The number of hydrogen-bond donors (Lipinski definition) is 0. The van der Waals surface area contributed by atoms with Gasteiger partial charge in [-0.2, -0.15) is 0 Å². The van der Waals surface area contributed by atoms with Crippen LogP contribution in [-0.2, 0) is 10.6 Å². The van der Waals surface area contributed by atoms with Crippen molar-refractivity contribution in [2.75, 3.05) is 13.7 Å². The molecule has 0 N–H and O–H groups in total. The molecule has 0 radical (unpaired) electrons. The first-order chi connectivity index (χ1) is 8.58. The van der Waals surface area contributed by atoms with Crippen LogP contribution in [0.1, 0.15) is 18.8 Å². The topological polar surface area (TPSA) is 27.1 Å². The largest absolute Gasteiger partial charge is 0.383 e. The normalized spacial score (nSPS) is 13.2. The zero-order chi connectivity index (χ0) is 13.3. The van der Waals surface area contributed by atoms with E-state index >= 15 is 0 Å². The summed E-state index contributed by atoms with van der Waals surface area (Å²) in [6, 6.07) is 1.97. The van der Waals surface area contributed by atoms with E-state index in [1.165, 1.54) is 6.07 Å². The summed E-state index contributed by atoms with van der Waals surface area (Å²) in [5, 5.41) is 0. The van der Waals surface area contributed by atoms with Crippen molar-refractivity contribution < 1.29 is 13.5 Å². The Labute approximate surface area is 108 Å². The maximum absolute atomic E-state index is 13.6. The van der Waals surface area contributed by atoms with Gasteiger partial charge in [0.15, 0.2) is 5.82 Å². The standard InChI is InChI=1S/C12H13ClF2N2O/c1-7(6-18-2)17-10-4-8(14)3-9(15)12(10)16-11(17)5-13/h3-4,7H,5-6H2,1-2H3. The van der Waals surface area contributed by atoms with E-state index in [2.05, 4.69) is 4.98 Å². The number of ether oxygens (including phenoxy) is 1. The molecule has 0 bridgehead atoms. The molecule has 1 atom stereocenters. The molecule has 2 aromatic rings. The summed E-state index contributed by atoms with van der Waals surface area (Å²) < 4.78 is 33.7. The van der Waals surface area contributed by atoms with Gasteiger partial charge < -0.3 is 9.30 Å². The first kappa shape index (κ1) is 13.2. The van der Waals surface area contributed by atoms with Crippen molar-refractivity contribution >= 4 is 22.6 Å². The van der Waals surface area contributed by atoms with Gasteiger partial charge in [0.05, 0.1) is 24.0 Å². The Morgan fingerprint density at radius 2 is 2.17 bits per heavy atom. The van der Waals surface area contributed by atoms with Gasteiger partial charge in [-0.05, 0) is 13.0 Å². The first-order valence-corrected chi connectivity index (χ1v) is 6.02. The molecule has 3 nitrogen and oxygen atoms in total. The summed E-state index contributed by atoms with van der Waals surface area (Å²) >= 11 is 5.80. The highest BCUT2D eigenvalue weighted by Gasteiger charge is 2.18. The van der Waals surface area contributed by atoms with Crippen LogP contribution in [0.15, 0.2) is 12.1 Å². The van der Waals surface area contributed by atoms with E-state index in [1.54, 1.807) is 11.7 Å². The maximum Gasteiger partial charge on any atom is 0.153 e. The minimum atomic E-state index is -0.681. The van der Waals surface area contributed by atoms with Gasteiger partial charge in [-0.15, -0.1) is 11.6 Å². The quantitative estimate of drug-likeness (QED) is 0.800. The van der Waals surface area contributed by atoms with Gasteiger partial charge in [0.1, 0.15) is 17.2 Å². The van der Waals surface area contributed by atoms with Gasteiger partial charge >= 0.3 is 0 Å². The van der Waals surface area contributed by atoms with Crippen LogP contribution in [0.4, 0.5) is 8.78 Å². The highest BCUT2D eigenvalue weighted by atomic mass is 35.5. The van der Waals surface area contributed by atoms with Crippen LogP contribution in [0.5, 0.6) is 0 Å². The molecule has 0 amide bonds. The van der Waals surface area contributed by atoms with Crippen LogP contribution >= 0.6 is 11.6 Å². The molecule has 1 heterocycles. The van der Waals surface area contributed by atoms with Crippen LogP contribution in [0, 0.1) is 11.6 Å². The molecule has 0 fully saturated rings. The second kappa shape index (κ2) is 5.20. The molecule has 6 heteroatoms. The average Bonchev–Trinajstić information content (AvgIpc) is 2.68. The highest BCUT2D eigenvalue weighted by Crippen LogP contribution is 2.25. The number of imidazole rings is 1. The lowest BCUT2D eigenvalue weighted by molar-refractivity contribution is 0.163. The highest BCUT2D eigenvalue weighted by molar-refractivity contribution is 6.16. The third-order valence-corrected chi connectivity index (χ3v) is 2.99. The number of benzene rings is 1. The zero-order valence-electron chi connectivity index (χ0n) is 10.1. The van der Waals surface area contributed by atoms with Crippen LogP contribution in [0.25, 0.3) is 11.0 Å². The Kier molecular flexibility index (Phi) is 3.82. The minimum Gasteiger partial charge on any atom is -0.383 e. The summed E-state index contributed by atoms with van der Waals surface area (Å²) in [5.41, 5.74) is 0.530. The van der Waals surface area contributed by atoms with Crippen LogP contribution < -0.4 is 0 Å². The van der Waals surface area contributed by atoms with E-state index in [0.717, 1.165) is 6.07 Å².